The van der Waals surface area contributed by atoms with Crippen LogP contribution in [0.15, 0.2) is 0 Å². The van der Waals surface area contributed by atoms with Crippen LogP contribution in [-0.2, 0) is 14.2 Å². The first-order chi connectivity index (χ1) is 6.85. The lowest BCUT2D eigenvalue weighted by Gasteiger charge is -2.35. The largest absolute Gasteiger partial charge is 0.394 e. The zero-order chi connectivity index (χ0) is 9.86. The van der Waals surface area contributed by atoms with Crippen molar-refractivity contribution in [3.63, 3.8) is 0 Å². The Balaban J connectivity index is 1.74. The van der Waals surface area contributed by atoms with Crippen molar-refractivity contribution in [2.75, 3.05) is 26.4 Å². The minimum absolute atomic E-state index is 0.106. The molecule has 2 rings (SSSR count). The molecule has 0 aromatic carbocycles. The number of ether oxygens (including phenoxy) is 3. The van der Waals surface area contributed by atoms with Crippen molar-refractivity contribution in [2.24, 2.45) is 0 Å². The normalized spacial score (nSPS) is 27.2. The number of hydrogen-bond donors (Lipinski definition) is 1. The highest BCUT2D eigenvalue weighted by Gasteiger charge is 2.40. The maximum atomic E-state index is 8.63. The fourth-order valence-electron chi connectivity index (χ4n) is 2.20. The molecule has 1 spiro atoms. The molecule has 0 aromatic rings. The summed E-state index contributed by atoms with van der Waals surface area (Å²) in [5, 5.41) is 8.63. The second-order valence-corrected chi connectivity index (χ2v) is 3.90. The van der Waals surface area contributed by atoms with Crippen molar-refractivity contribution < 1.29 is 19.3 Å². The lowest BCUT2D eigenvalue weighted by molar-refractivity contribution is -0.192. The first-order valence-electron chi connectivity index (χ1n) is 5.35. The van der Waals surface area contributed by atoms with Crippen LogP contribution in [0.25, 0.3) is 0 Å². The highest BCUT2D eigenvalue weighted by molar-refractivity contribution is 4.82. The monoisotopic (exact) mass is 202 g/mol. The Hall–Kier alpha value is -0.160. The molecule has 4 heteroatoms. The van der Waals surface area contributed by atoms with E-state index in [1.165, 1.54) is 0 Å². The number of aliphatic hydroxyl groups is 1. The molecule has 0 radical (unpaired) electrons. The first-order valence-corrected chi connectivity index (χ1v) is 5.35. The van der Waals surface area contributed by atoms with Crippen LogP contribution in [0.4, 0.5) is 0 Å². The van der Waals surface area contributed by atoms with Crippen LogP contribution < -0.4 is 0 Å². The predicted molar refractivity (Wildman–Crippen MR) is 49.9 cm³/mol. The van der Waals surface area contributed by atoms with Gasteiger partial charge in [0.05, 0.1) is 32.5 Å². The summed E-state index contributed by atoms with van der Waals surface area (Å²) in [6, 6.07) is 0. The van der Waals surface area contributed by atoms with Crippen molar-refractivity contribution in [2.45, 2.75) is 37.6 Å². The molecule has 1 aliphatic carbocycles. The maximum absolute atomic E-state index is 8.63. The van der Waals surface area contributed by atoms with Gasteiger partial charge in [-0.05, 0) is 12.8 Å². The van der Waals surface area contributed by atoms with E-state index in [-0.39, 0.29) is 18.5 Å². The standard InChI is InChI=1S/C10H18O4/c11-5-6-12-9-1-3-10(4-2-9)13-7-8-14-10/h9,11H,1-8H2. The van der Waals surface area contributed by atoms with Gasteiger partial charge in [-0.25, -0.2) is 0 Å². The Kier molecular flexibility index (Phi) is 3.38. The minimum atomic E-state index is -0.293. The average molecular weight is 202 g/mol. The topological polar surface area (TPSA) is 47.9 Å². The van der Waals surface area contributed by atoms with E-state index in [0.717, 1.165) is 38.9 Å². The van der Waals surface area contributed by atoms with Crippen LogP contribution >= 0.6 is 0 Å². The van der Waals surface area contributed by atoms with E-state index in [2.05, 4.69) is 0 Å². The summed E-state index contributed by atoms with van der Waals surface area (Å²) in [5.74, 6) is -0.293. The van der Waals surface area contributed by atoms with Gasteiger partial charge in [0.1, 0.15) is 0 Å². The summed E-state index contributed by atoms with van der Waals surface area (Å²) < 4.78 is 16.7. The van der Waals surface area contributed by atoms with Crippen LogP contribution in [0.5, 0.6) is 0 Å². The van der Waals surface area contributed by atoms with E-state index < -0.39 is 0 Å². The van der Waals surface area contributed by atoms with Crippen molar-refractivity contribution in [3.8, 4) is 0 Å². The SMILES string of the molecule is OCCOC1CCC2(CC1)OCCO2. The Labute approximate surface area is 84.1 Å². The molecule has 0 bridgehead atoms. The molecule has 0 aromatic heterocycles. The van der Waals surface area contributed by atoms with Gasteiger partial charge in [0.2, 0.25) is 0 Å². The molecule has 2 aliphatic rings. The molecule has 14 heavy (non-hydrogen) atoms. The molecule has 0 amide bonds. The fraction of sp³-hybridized carbons (Fsp3) is 1.00. The van der Waals surface area contributed by atoms with E-state index in [9.17, 15) is 0 Å². The molecule has 1 saturated heterocycles. The van der Waals surface area contributed by atoms with E-state index in [1.807, 2.05) is 0 Å². The molecule has 1 aliphatic heterocycles. The highest BCUT2D eigenvalue weighted by atomic mass is 16.7. The number of rotatable bonds is 3. The van der Waals surface area contributed by atoms with Crippen LogP contribution in [-0.4, -0.2) is 43.4 Å². The fourth-order valence-corrected chi connectivity index (χ4v) is 2.20. The van der Waals surface area contributed by atoms with Crippen LogP contribution in [0.1, 0.15) is 25.7 Å². The molecular weight excluding hydrogens is 184 g/mol. The third kappa shape index (κ3) is 2.25. The molecule has 1 saturated carbocycles. The molecule has 1 N–H and O–H groups in total. The van der Waals surface area contributed by atoms with Gasteiger partial charge >= 0.3 is 0 Å². The van der Waals surface area contributed by atoms with Crippen LogP contribution in [0, 0.1) is 0 Å². The van der Waals surface area contributed by atoms with Gasteiger partial charge in [-0.2, -0.15) is 0 Å². The minimum Gasteiger partial charge on any atom is -0.394 e. The average Bonchev–Trinajstić information content (AvgIpc) is 2.66. The zero-order valence-corrected chi connectivity index (χ0v) is 8.41. The lowest BCUT2D eigenvalue weighted by Crippen LogP contribution is -2.37. The van der Waals surface area contributed by atoms with Crippen molar-refractivity contribution >= 4 is 0 Å². The van der Waals surface area contributed by atoms with Gasteiger partial charge in [-0.15, -0.1) is 0 Å². The summed E-state index contributed by atoms with van der Waals surface area (Å²) in [4.78, 5) is 0. The predicted octanol–water partition coefficient (Wildman–Crippen LogP) is 0.681. The summed E-state index contributed by atoms with van der Waals surface area (Å²) in [7, 11) is 0. The molecule has 0 unspecified atom stereocenters. The number of hydrogen-bond acceptors (Lipinski definition) is 4. The second kappa shape index (κ2) is 4.57. The Morgan fingerprint density at radius 1 is 1.21 bits per heavy atom. The summed E-state index contributed by atoms with van der Waals surface area (Å²) in [6.45, 7) is 2.00. The Morgan fingerprint density at radius 3 is 2.43 bits per heavy atom. The van der Waals surface area contributed by atoms with Crippen molar-refractivity contribution in [1.29, 1.82) is 0 Å². The first kappa shape index (κ1) is 10.4. The summed E-state index contributed by atoms with van der Waals surface area (Å²) in [5.41, 5.74) is 0. The molecule has 4 nitrogen and oxygen atoms in total. The molecule has 82 valence electrons. The van der Waals surface area contributed by atoms with Gasteiger partial charge < -0.3 is 19.3 Å². The van der Waals surface area contributed by atoms with Gasteiger partial charge in [-0.1, -0.05) is 0 Å². The Morgan fingerprint density at radius 2 is 1.86 bits per heavy atom. The van der Waals surface area contributed by atoms with Crippen molar-refractivity contribution in [3.05, 3.63) is 0 Å². The quantitative estimate of drug-likeness (QED) is 0.731. The van der Waals surface area contributed by atoms with E-state index in [1.54, 1.807) is 0 Å². The summed E-state index contributed by atoms with van der Waals surface area (Å²) >= 11 is 0. The maximum Gasteiger partial charge on any atom is 0.168 e. The van der Waals surface area contributed by atoms with Gasteiger partial charge in [0.15, 0.2) is 5.79 Å². The zero-order valence-electron chi connectivity index (χ0n) is 8.41. The van der Waals surface area contributed by atoms with Gasteiger partial charge in [0.25, 0.3) is 0 Å². The van der Waals surface area contributed by atoms with Crippen molar-refractivity contribution in [1.82, 2.24) is 0 Å². The van der Waals surface area contributed by atoms with Gasteiger partial charge in [-0.3, -0.25) is 0 Å². The van der Waals surface area contributed by atoms with Crippen LogP contribution in [0.3, 0.4) is 0 Å². The molecule has 2 fully saturated rings. The molecular formula is C10H18O4. The third-order valence-corrected chi connectivity index (χ3v) is 2.95. The second-order valence-electron chi connectivity index (χ2n) is 3.90. The Bertz CT molecular complexity index is 167. The summed E-state index contributed by atoms with van der Waals surface area (Å²) in [6.07, 6.45) is 4.06. The van der Waals surface area contributed by atoms with E-state index in [4.69, 9.17) is 19.3 Å². The molecule has 0 atom stereocenters. The third-order valence-electron chi connectivity index (χ3n) is 2.95. The number of aliphatic hydroxyl groups excluding tert-OH is 1. The molecule has 1 heterocycles. The lowest BCUT2D eigenvalue weighted by atomic mass is 9.92. The smallest absolute Gasteiger partial charge is 0.168 e. The van der Waals surface area contributed by atoms with Gasteiger partial charge in [0, 0.05) is 12.8 Å². The highest BCUT2D eigenvalue weighted by Crippen LogP contribution is 2.36. The van der Waals surface area contributed by atoms with E-state index >= 15 is 0 Å². The van der Waals surface area contributed by atoms with E-state index in [0.29, 0.717) is 6.61 Å². The van der Waals surface area contributed by atoms with Crippen LogP contribution in [0.2, 0.25) is 0 Å².